The molecule has 26 heavy (non-hydrogen) atoms. The third-order valence-electron chi connectivity index (χ3n) is 4.18. The van der Waals surface area contributed by atoms with E-state index >= 15 is 0 Å². The lowest BCUT2D eigenvalue weighted by atomic mass is 10.1. The lowest BCUT2D eigenvalue weighted by Crippen LogP contribution is -2.33. The highest BCUT2D eigenvalue weighted by Gasteiger charge is 2.24. The summed E-state index contributed by atoms with van der Waals surface area (Å²) in [7, 11) is -3.72. The van der Waals surface area contributed by atoms with Crippen LogP contribution in [0.5, 0.6) is 0 Å². The molecule has 9 heteroatoms. The van der Waals surface area contributed by atoms with Crippen LogP contribution in [-0.4, -0.2) is 50.3 Å². The van der Waals surface area contributed by atoms with Crippen molar-refractivity contribution in [3.8, 4) is 0 Å². The van der Waals surface area contributed by atoms with Gasteiger partial charge in [0.1, 0.15) is 11.9 Å². The van der Waals surface area contributed by atoms with Crippen LogP contribution in [-0.2, 0) is 26.0 Å². The van der Waals surface area contributed by atoms with Gasteiger partial charge in [-0.3, -0.25) is 4.79 Å². The minimum Gasteiger partial charge on any atom is -0.468 e. The van der Waals surface area contributed by atoms with Crippen molar-refractivity contribution < 1.29 is 17.9 Å². The molecule has 1 aromatic heterocycles. The van der Waals surface area contributed by atoms with Gasteiger partial charge in [-0.2, -0.15) is 0 Å². The Bertz CT molecular complexity index is 916. The molecule has 7 nitrogen and oxygen atoms in total. The van der Waals surface area contributed by atoms with Gasteiger partial charge in [-0.05, 0) is 37.1 Å². The number of imidazole rings is 1. The zero-order valence-electron chi connectivity index (χ0n) is 15.9. The van der Waals surface area contributed by atoms with Gasteiger partial charge >= 0.3 is 5.97 Å². The zero-order valence-corrected chi connectivity index (χ0v) is 17.8. The maximum absolute atomic E-state index is 12.9. The van der Waals surface area contributed by atoms with Crippen LogP contribution < -0.4 is 5.73 Å². The summed E-state index contributed by atoms with van der Waals surface area (Å²) in [4.78, 5) is 15.9. The summed E-state index contributed by atoms with van der Waals surface area (Å²) >= 11 is 0. The highest BCUT2D eigenvalue weighted by Crippen LogP contribution is 2.22. The number of nitrogens with two attached hydrogens (primary N) is 1. The molecule has 0 aliphatic heterocycles. The van der Waals surface area contributed by atoms with Crippen LogP contribution in [0.15, 0.2) is 18.2 Å². The number of carbonyl (C=O) groups is 1. The lowest BCUT2D eigenvalue weighted by molar-refractivity contribution is -0.142. The Morgan fingerprint density at radius 2 is 2.00 bits per heavy atom. The number of methoxy groups -OCH3 is 1. The standard InChI is InChI=1S/C17H27N3O4SSi/c1-12-19-15-7-6-13(10-14(18)17(21)24-2)11-16(15)20(12)25(22,23)8-9-26(3,4)5/h6-7,11,14H,8-10,18H2,1-5H3/t14-/m1/s1. The van der Waals surface area contributed by atoms with Crippen molar-refractivity contribution in [2.24, 2.45) is 5.73 Å². The van der Waals surface area contributed by atoms with Gasteiger partial charge in [0.25, 0.3) is 0 Å². The number of benzene rings is 1. The number of esters is 1. The van der Waals surface area contributed by atoms with E-state index in [1.54, 1.807) is 25.1 Å². The number of ether oxygens (including phenoxy) is 1. The minimum absolute atomic E-state index is 0.0981. The average Bonchev–Trinajstić information content (AvgIpc) is 2.87. The van der Waals surface area contributed by atoms with Crippen molar-refractivity contribution in [2.75, 3.05) is 12.9 Å². The molecule has 0 fully saturated rings. The Labute approximate surface area is 155 Å². The second-order valence-electron chi connectivity index (χ2n) is 7.71. The second-order valence-corrected chi connectivity index (χ2v) is 15.3. The number of nitrogens with zero attached hydrogens (tertiary/aromatic N) is 2. The molecular weight excluding hydrogens is 370 g/mol. The summed E-state index contributed by atoms with van der Waals surface area (Å²) in [5.74, 6) is 0.0310. The summed E-state index contributed by atoms with van der Waals surface area (Å²) < 4.78 is 31.8. The van der Waals surface area contributed by atoms with Crippen molar-refractivity contribution in [3.05, 3.63) is 29.6 Å². The summed E-state index contributed by atoms with van der Waals surface area (Å²) in [6.07, 6.45) is 0.266. The third-order valence-corrected chi connectivity index (χ3v) is 8.03. The van der Waals surface area contributed by atoms with E-state index in [9.17, 15) is 13.2 Å². The first-order valence-corrected chi connectivity index (χ1v) is 13.8. The third kappa shape index (κ3) is 4.71. The molecule has 0 amide bonds. The van der Waals surface area contributed by atoms with Crippen LogP contribution in [0.1, 0.15) is 11.4 Å². The van der Waals surface area contributed by atoms with Crippen LogP contribution in [0.4, 0.5) is 0 Å². The van der Waals surface area contributed by atoms with Crippen LogP contribution in [0.2, 0.25) is 25.7 Å². The summed E-state index contributed by atoms with van der Waals surface area (Å²) in [5.41, 5.74) is 7.71. The maximum atomic E-state index is 12.9. The Hall–Kier alpha value is -1.71. The normalized spacial score (nSPS) is 13.8. The molecule has 2 aromatic rings. The van der Waals surface area contributed by atoms with E-state index in [1.165, 1.54) is 11.1 Å². The van der Waals surface area contributed by atoms with Crippen molar-refractivity contribution >= 4 is 35.1 Å². The Morgan fingerprint density at radius 3 is 2.58 bits per heavy atom. The van der Waals surface area contributed by atoms with E-state index in [2.05, 4.69) is 29.4 Å². The molecule has 144 valence electrons. The largest absolute Gasteiger partial charge is 0.468 e. The quantitative estimate of drug-likeness (QED) is 0.565. The van der Waals surface area contributed by atoms with Crippen LogP contribution in [0.25, 0.3) is 11.0 Å². The predicted octanol–water partition coefficient (Wildman–Crippen LogP) is 1.90. The molecule has 0 radical (unpaired) electrons. The first-order chi connectivity index (χ1) is 11.9. The summed E-state index contributed by atoms with van der Waals surface area (Å²) in [5, 5.41) is 0. The molecule has 0 aliphatic carbocycles. The van der Waals surface area contributed by atoms with E-state index in [0.717, 1.165) is 5.56 Å². The number of rotatable bonds is 7. The number of carbonyl (C=O) groups excluding carboxylic acids is 1. The Kier molecular flexibility index (Phi) is 5.94. The van der Waals surface area contributed by atoms with Gasteiger partial charge in [-0.25, -0.2) is 17.4 Å². The van der Waals surface area contributed by atoms with E-state index in [-0.39, 0.29) is 12.2 Å². The van der Waals surface area contributed by atoms with Crippen molar-refractivity contribution in [1.29, 1.82) is 0 Å². The number of fused-ring (bicyclic) bond motifs is 1. The fourth-order valence-corrected chi connectivity index (χ4v) is 7.27. The van der Waals surface area contributed by atoms with E-state index in [0.29, 0.717) is 22.9 Å². The lowest BCUT2D eigenvalue weighted by Gasteiger charge is -2.16. The minimum atomic E-state index is -3.51. The average molecular weight is 398 g/mol. The highest BCUT2D eigenvalue weighted by atomic mass is 32.2. The van der Waals surface area contributed by atoms with Gasteiger partial charge in [0.2, 0.25) is 10.0 Å². The van der Waals surface area contributed by atoms with E-state index in [1.807, 2.05) is 0 Å². The van der Waals surface area contributed by atoms with Crippen molar-refractivity contribution in [2.45, 2.75) is 45.1 Å². The monoisotopic (exact) mass is 397 g/mol. The smallest absolute Gasteiger partial charge is 0.322 e. The SMILES string of the molecule is COC(=O)[C@H](N)Cc1ccc2nc(C)n(S(=O)(=O)CC[Si](C)(C)C)c2c1. The van der Waals surface area contributed by atoms with Gasteiger partial charge < -0.3 is 10.5 Å². The molecule has 1 atom stereocenters. The van der Waals surface area contributed by atoms with Gasteiger partial charge in [0, 0.05) is 8.07 Å². The van der Waals surface area contributed by atoms with Crippen LogP contribution >= 0.6 is 0 Å². The molecule has 2 rings (SSSR count). The number of hydrogen-bond acceptors (Lipinski definition) is 6. The molecule has 0 aliphatic rings. The van der Waals surface area contributed by atoms with Crippen LogP contribution in [0, 0.1) is 6.92 Å². The Morgan fingerprint density at radius 1 is 1.35 bits per heavy atom. The fraction of sp³-hybridized carbons (Fsp3) is 0.529. The second kappa shape index (κ2) is 7.49. The van der Waals surface area contributed by atoms with E-state index in [4.69, 9.17) is 5.73 Å². The molecule has 0 saturated carbocycles. The fourth-order valence-electron chi connectivity index (χ4n) is 2.71. The molecule has 0 spiro atoms. The van der Waals surface area contributed by atoms with Gasteiger partial charge in [-0.1, -0.05) is 25.7 Å². The predicted molar refractivity (Wildman–Crippen MR) is 106 cm³/mol. The molecule has 0 saturated heterocycles. The molecule has 0 unspecified atom stereocenters. The maximum Gasteiger partial charge on any atom is 0.322 e. The van der Waals surface area contributed by atoms with E-state index < -0.39 is 30.1 Å². The molecule has 1 heterocycles. The first kappa shape index (κ1) is 20.6. The summed E-state index contributed by atoms with van der Waals surface area (Å²) in [6, 6.07) is 5.19. The van der Waals surface area contributed by atoms with Gasteiger partial charge in [-0.15, -0.1) is 0 Å². The van der Waals surface area contributed by atoms with Crippen molar-refractivity contribution in [3.63, 3.8) is 0 Å². The first-order valence-electron chi connectivity index (χ1n) is 8.49. The summed E-state index contributed by atoms with van der Waals surface area (Å²) in [6.45, 7) is 8.13. The molecular formula is C17H27N3O4SSi. The molecule has 2 N–H and O–H groups in total. The van der Waals surface area contributed by atoms with Crippen molar-refractivity contribution in [1.82, 2.24) is 8.96 Å². The molecule has 0 bridgehead atoms. The number of aryl methyl sites for hydroxylation is 1. The Balaban J connectivity index is 2.42. The van der Waals surface area contributed by atoms with Crippen LogP contribution in [0.3, 0.4) is 0 Å². The van der Waals surface area contributed by atoms with Gasteiger partial charge in [0.05, 0.1) is 23.9 Å². The number of hydrogen-bond donors (Lipinski definition) is 1. The highest BCUT2D eigenvalue weighted by molar-refractivity contribution is 7.90. The zero-order chi connectivity index (χ0) is 19.7. The number of aromatic nitrogens is 2. The topological polar surface area (TPSA) is 104 Å². The molecule has 1 aromatic carbocycles. The van der Waals surface area contributed by atoms with Gasteiger partial charge in [0.15, 0.2) is 0 Å².